The molecule has 188 valence electrons. The molecule has 0 fully saturated rings. The molecule has 1 aliphatic rings. The second kappa shape index (κ2) is 11.7. The van der Waals surface area contributed by atoms with Crippen LogP contribution in [0.1, 0.15) is 25.3 Å². The SMILES string of the molecule is CCOC(=O)C1=C(C)OC(N)=C(C#N)C1c1ccc(OCC(=O)Nc2cccc(Cl)c2Cl)c(OC)c1. The van der Waals surface area contributed by atoms with Gasteiger partial charge < -0.3 is 30.0 Å². The molecule has 2 aromatic rings. The largest absolute Gasteiger partial charge is 0.493 e. The molecule has 36 heavy (non-hydrogen) atoms. The molecule has 0 aliphatic carbocycles. The Balaban J connectivity index is 1.86. The van der Waals surface area contributed by atoms with Crippen LogP contribution < -0.4 is 20.5 Å². The van der Waals surface area contributed by atoms with Crippen molar-refractivity contribution in [3.8, 4) is 17.6 Å². The van der Waals surface area contributed by atoms with Crippen LogP contribution in [0.2, 0.25) is 10.0 Å². The van der Waals surface area contributed by atoms with Crippen LogP contribution in [0.5, 0.6) is 11.5 Å². The van der Waals surface area contributed by atoms with E-state index in [9.17, 15) is 14.9 Å². The molecule has 0 saturated heterocycles. The Labute approximate surface area is 218 Å². The van der Waals surface area contributed by atoms with Crippen molar-refractivity contribution >= 4 is 40.8 Å². The minimum Gasteiger partial charge on any atom is -0.493 e. The number of anilines is 1. The second-order valence-corrected chi connectivity index (χ2v) is 8.25. The summed E-state index contributed by atoms with van der Waals surface area (Å²) in [5.74, 6) is -1.30. The van der Waals surface area contributed by atoms with Crippen LogP contribution in [0.4, 0.5) is 5.69 Å². The highest BCUT2D eigenvalue weighted by atomic mass is 35.5. The van der Waals surface area contributed by atoms with Crippen molar-refractivity contribution < 1.29 is 28.5 Å². The van der Waals surface area contributed by atoms with Gasteiger partial charge in [-0.25, -0.2) is 4.79 Å². The molecule has 0 saturated carbocycles. The number of nitrogens with two attached hydrogens (primary N) is 1. The summed E-state index contributed by atoms with van der Waals surface area (Å²) in [6, 6.07) is 11.7. The Kier molecular flexibility index (Phi) is 8.69. The van der Waals surface area contributed by atoms with Crippen LogP contribution in [0.25, 0.3) is 0 Å². The summed E-state index contributed by atoms with van der Waals surface area (Å²) in [4.78, 5) is 25.1. The number of allylic oxidation sites excluding steroid dienone is 2. The molecule has 0 aromatic heterocycles. The summed E-state index contributed by atoms with van der Waals surface area (Å²) in [5, 5.41) is 12.9. The van der Waals surface area contributed by atoms with Gasteiger partial charge in [0.15, 0.2) is 18.1 Å². The average Bonchev–Trinajstić information content (AvgIpc) is 2.85. The molecule has 1 heterocycles. The zero-order valence-corrected chi connectivity index (χ0v) is 21.2. The minimum absolute atomic E-state index is 0.0529. The van der Waals surface area contributed by atoms with Crippen molar-refractivity contribution in [2.45, 2.75) is 19.8 Å². The first-order valence-corrected chi connectivity index (χ1v) is 11.5. The predicted octanol–water partition coefficient (Wildman–Crippen LogP) is 4.66. The van der Waals surface area contributed by atoms with Gasteiger partial charge in [-0.1, -0.05) is 35.3 Å². The number of halogens is 2. The van der Waals surface area contributed by atoms with Crippen LogP contribution >= 0.6 is 23.2 Å². The number of carbonyl (C=O) groups excluding carboxylic acids is 2. The number of hydrogen-bond acceptors (Lipinski definition) is 8. The monoisotopic (exact) mass is 531 g/mol. The van der Waals surface area contributed by atoms with E-state index in [1.807, 2.05) is 6.07 Å². The summed E-state index contributed by atoms with van der Waals surface area (Å²) < 4.78 is 21.7. The Bertz CT molecular complexity index is 1300. The van der Waals surface area contributed by atoms with Crippen molar-refractivity contribution in [1.82, 2.24) is 0 Å². The predicted molar refractivity (Wildman–Crippen MR) is 134 cm³/mol. The van der Waals surface area contributed by atoms with Crippen molar-refractivity contribution in [1.29, 1.82) is 5.26 Å². The molecule has 1 unspecified atom stereocenters. The molecular weight excluding hydrogens is 509 g/mol. The van der Waals surface area contributed by atoms with Gasteiger partial charge in [-0.2, -0.15) is 5.26 Å². The first-order valence-electron chi connectivity index (χ1n) is 10.7. The number of benzene rings is 2. The number of nitriles is 1. The van der Waals surface area contributed by atoms with E-state index in [1.165, 1.54) is 7.11 Å². The van der Waals surface area contributed by atoms with E-state index in [4.69, 9.17) is 47.9 Å². The number of methoxy groups -OCH3 is 1. The molecular formula is C25H23Cl2N3O6. The third-order valence-corrected chi connectivity index (χ3v) is 6.03. The van der Waals surface area contributed by atoms with Gasteiger partial charge in [-0.3, -0.25) is 4.79 Å². The van der Waals surface area contributed by atoms with E-state index in [-0.39, 0.29) is 52.5 Å². The maximum atomic E-state index is 12.7. The highest BCUT2D eigenvalue weighted by Crippen LogP contribution is 2.42. The van der Waals surface area contributed by atoms with Crippen molar-refractivity contribution in [2.24, 2.45) is 5.73 Å². The summed E-state index contributed by atoms with van der Waals surface area (Å²) in [7, 11) is 1.42. The number of hydrogen-bond donors (Lipinski definition) is 2. The van der Waals surface area contributed by atoms with Crippen molar-refractivity contribution in [3.63, 3.8) is 0 Å². The quantitative estimate of drug-likeness (QED) is 0.469. The maximum absolute atomic E-state index is 12.7. The van der Waals surface area contributed by atoms with Gasteiger partial charge in [0.2, 0.25) is 5.88 Å². The van der Waals surface area contributed by atoms with E-state index in [2.05, 4.69) is 5.32 Å². The van der Waals surface area contributed by atoms with Crippen LogP contribution in [-0.2, 0) is 19.1 Å². The third-order valence-electron chi connectivity index (χ3n) is 5.21. The fourth-order valence-electron chi connectivity index (χ4n) is 3.60. The van der Waals surface area contributed by atoms with E-state index >= 15 is 0 Å². The van der Waals surface area contributed by atoms with Gasteiger partial charge in [0.1, 0.15) is 17.4 Å². The first-order chi connectivity index (χ1) is 17.2. The number of esters is 1. The van der Waals surface area contributed by atoms with Crippen LogP contribution in [0, 0.1) is 11.3 Å². The molecule has 3 N–H and O–H groups in total. The highest BCUT2D eigenvalue weighted by Gasteiger charge is 2.36. The molecule has 0 radical (unpaired) electrons. The summed E-state index contributed by atoms with van der Waals surface area (Å²) in [6.45, 7) is 3.04. The number of nitrogens with one attached hydrogen (secondary N) is 1. The first kappa shape index (κ1) is 26.7. The average molecular weight is 532 g/mol. The molecule has 1 amide bonds. The van der Waals surface area contributed by atoms with Crippen molar-refractivity contribution in [3.05, 3.63) is 74.8 Å². The lowest BCUT2D eigenvalue weighted by Gasteiger charge is -2.27. The lowest BCUT2D eigenvalue weighted by Crippen LogP contribution is -2.25. The summed E-state index contributed by atoms with van der Waals surface area (Å²) in [5.41, 5.74) is 7.00. The van der Waals surface area contributed by atoms with Gasteiger partial charge in [-0.05, 0) is 43.7 Å². The van der Waals surface area contributed by atoms with E-state index in [0.717, 1.165) is 0 Å². The Morgan fingerprint density at radius 3 is 2.64 bits per heavy atom. The molecule has 2 aromatic carbocycles. The standard InChI is InChI=1S/C25H23Cl2N3O6/c1-4-34-25(32)21-13(2)36-24(29)15(11-28)22(21)14-8-9-18(19(10-14)33-3)35-12-20(31)30-17-7-5-6-16(26)23(17)27/h5-10,22H,4,12,29H2,1-3H3,(H,30,31). The number of ether oxygens (including phenoxy) is 4. The van der Waals surface area contributed by atoms with E-state index < -0.39 is 17.8 Å². The summed E-state index contributed by atoms with van der Waals surface area (Å²) in [6.07, 6.45) is 0. The number of rotatable bonds is 8. The normalized spacial score (nSPS) is 15.1. The van der Waals surface area contributed by atoms with Gasteiger partial charge in [-0.15, -0.1) is 0 Å². The van der Waals surface area contributed by atoms with E-state index in [0.29, 0.717) is 16.3 Å². The molecule has 1 atom stereocenters. The smallest absolute Gasteiger partial charge is 0.338 e. The van der Waals surface area contributed by atoms with Gasteiger partial charge in [0, 0.05) is 0 Å². The number of carbonyl (C=O) groups is 2. The Morgan fingerprint density at radius 2 is 1.97 bits per heavy atom. The lowest BCUT2D eigenvalue weighted by molar-refractivity contribution is -0.139. The fraction of sp³-hybridized carbons (Fsp3) is 0.240. The molecule has 11 heteroatoms. The Hall–Kier alpha value is -3.87. The van der Waals surface area contributed by atoms with Crippen LogP contribution in [0.15, 0.2) is 59.2 Å². The summed E-state index contributed by atoms with van der Waals surface area (Å²) >= 11 is 12.1. The topological polar surface area (TPSA) is 133 Å². The van der Waals surface area contributed by atoms with E-state index in [1.54, 1.807) is 50.2 Å². The third kappa shape index (κ3) is 5.67. The van der Waals surface area contributed by atoms with Crippen LogP contribution in [-0.4, -0.2) is 32.2 Å². The maximum Gasteiger partial charge on any atom is 0.338 e. The van der Waals surface area contributed by atoms with Gasteiger partial charge >= 0.3 is 5.97 Å². The zero-order chi connectivity index (χ0) is 26.4. The molecule has 0 spiro atoms. The second-order valence-electron chi connectivity index (χ2n) is 7.46. The molecule has 1 aliphatic heterocycles. The van der Waals surface area contributed by atoms with Gasteiger partial charge in [0.25, 0.3) is 5.91 Å². The van der Waals surface area contributed by atoms with Gasteiger partial charge in [0.05, 0.1) is 40.9 Å². The van der Waals surface area contributed by atoms with Crippen molar-refractivity contribution in [2.75, 3.05) is 25.6 Å². The number of amides is 1. The highest BCUT2D eigenvalue weighted by molar-refractivity contribution is 6.44. The Morgan fingerprint density at radius 1 is 1.22 bits per heavy atom. The molecule has 3 rings (SSSR count). The lowest BCUT2D eigenvalue weighted by atomic mass is 9.83. The number of nitrogens with zero attached hydrogens (tertiary/aromatic N) is 1. The molecule has 0 bridgehead atoms. The van der Waals surface area contributed by atoms with Crippen LogP contribution in [0.3, 0.4) is 0 Å². The molecule has 9 nitrogen and oxygen atoms in total. The zero-order valence-electron chi connectivity index (χ0n) is 19.7. The fourth-order valence-corrected chi connectivity index (χ4v) is 3.95. The minimum atomic E-state index is -0.848.